The van der Waals surface area contributed by atoms with Crippen LogP contribution in [0.25, 0.3) is 0 Å². The summed E-state index contributed by atoms with van der Waals surface area (Å²) in [5, 5.41) is 0. The van der Waals surface area contributed by atoms with E-state index in [0.29, 0.717) is 13.1 Å². The van der Waals surface area contributed by atoms with Crippen LogP contribution in [0.1, 0.15) is 0 Å². The number of piperazine rings is 1. The highest BCUT2D eigenvalue weighted by Crippen LogP contribution is 2.12. The van der Waals surface area contributed by atoms with Crippen molar-refractivity contribution in [3.05, 3.63) is 24.5 Å². The van der Waals surface area contributed by atoms with E-state index in [0.717, 1.165) is 17.4 Å². The number of nitrogens with zero attached hydrogens (tertiary/aromatic N) is 4. The van der Waals surface area contributed by atoms with Crippen LogP contribution in [0.2, 0.25) is 0 Å². The van der Waals surface area contributed by atoms with Crippen molar-refractivity contribution >= 4 is 15.9 Å². The fourth-order valence-electron chi connectivity index (χ4n) is 2.11. The molecule has 1 aliphatic heterocycles. The van der Waals surface area contributed by atoms with Gasteiger partial charge in [0.2, 0.25) is 15.9 Å². The van der Waals surface area contributed by atoms with Gasteiger partial charge in [-0.3, -0.25) is 9.78 Å². The molecule has 0 radical (unpaired) electrons. The Balaban J connectivity index is 2.01. The van der Waals surface area contributed by atoms with E-state index in [2.05, 4.69) is 9.88 Å². The molecular formula is C13H20N4O3S. The maximum absolute atomic E-state index is 12.3. The number of hydrogen-bond acceptors (Lipinski definition) is 5. The van der Waals surface area contributed by atoms with Gasteiger partial charge in [0, 0.05) is 45.6 Å². The smallest absolute Gasteiger partial charge is 0.244 e. The zero-order chi connectivity index (χ0) is 15.5. The first kappa shape index (κ1) is 15.9. The van der Waals surface area contributed by atoms with Gasteiger partial charge in [-0.25, -0.2) is 8.42 Å². The van der Waals surface area contributed by atoms with E-state index >= 15 is 0 Å². The molecule has 7 nitrogen and oxygen atoms in total. The molecule has 0 N–H and O–H groups in total. The predicted molar refractivity (Wildman–Crippen MR) is 78.1 cm³/mol. The van der Waals surface area contributed by atoms with E-state index in [9.17, 15) is 13.2 Å². The molecule has 21 heavy (non-hydrogen) atoms. The highest BCUT2D eigenvalue weighted by molar-refractivity contribution is 7.89. The maximum Gasteiger partial charge on any atom is 0.244 e. The third-order valence-corrected chi connectivity index (χ3v) is 5.34. The minimum Gasteiger partial charge on any atom is -0.339 e. The average Bonchev–Trinajstić information content (AvgIpc) is 2.48. The van der Waals surface area contributed by atoms with E-state index < -0.39 is 10.0 Å². The third kappa shape index (κ3) is 3.78. The van der Waals surface area contributed by atoms with Gasteiger partial charge >= 0.3 is 0 Å². The van der Waals surface area contributed by atoms with Gasteiger partial charge in [0.15, 0.2) is 0 Å². The Hall–Kier alpha value is -1.51. The second-order valence-corrected chi connectivity index (χ2v) is 7.18. The molecule has 1 saturated heterocycles. The summed E-state index contributed by atoms with van der Waals surface area (Å²) in [4.78, 5) is 19.9. The van der Waals surface area contributed by atoms with Crippen molar-refractivity contribution < 1.29 is 13.2 Å². The normalized spacial score (nSPS) is 17.2. The van der Waals surface area contributed by atoms with E-state index in [4.69, 9.17) is 0 Å². The maximum atomic E-state index is 12.3. The Morgan fingerprint density at radius 3 is 2.57 bits per heavy atom. The van der Waals surface area contributed by atoms with Crippen LogP contribution < -0.4 is 0 Å². The van der Waals surface area contributed by atoms with E-state index in [1.807, 2.05) is 7.05 Å². The van der Waals surface area contributed by atoms with Crippen molar-refractivity contribution in [2.45, 2.75) is 4.90 Å². The summed E-state index contributed by atoms with van der Waals surface area (Å²) in [6.45, 7) is 2.74. The van der Waals surface area contributed by atoms with Gasteiger partial charge in [-0.15, -0.1) is 0 Å². The number of carbonyl (C=O) groups is 1. The van der Waals surface area contributed by atoms with Crippen molar-refractivity contribution in [2.24, 2.45) is 0 Å². The van der Waals surface area contributed by atoms with E-state index in [-0.39, 0.29) is 17.3 Å². The summed E-state index contributed by atoms with van der Waals surface area (Å²) in [6, 6.07) is 3.03. The Morgan fingerprint density at radius 2 is 2.00 bits per heavy atom. The SMILES string of the molecule is CN1CCN(C(=O)CN(C)S(=O)(=O)c2cccnc2)CC1. The number of amides is 1. The molecule has 0 bridgehead atoms. The number of sulfonamides is 1. The lowest BCUT2D eigenvalue weighted by Gasteiger charge is -2.33. The molecule has 0 aliphatic carbocycles. The van der Waals surface area contributed by atoms with Crippen molar-refractivity contribution in [3.63, 3.8) is 0 Å². The summed E-state index contributed by atoms with van der Waals surface area (Å²) in [7, 11) is -0.257. The Labute approximate surface area is 125 Å². The molecule has 8 heteroatoms. The minimum absolute atomic E-state index is 0.0960. The molecule has 2 rings (SSSR count). The van der Waals surface area contributed by atoms with Crippen molar-refractivity contribution in [3.8, 4) is 0 Å². The minimum atomic E-state index is -3.67. The first-order valence-corrected chi connectivity index (χ1v) is 8.18. The Kier molecular flexibility index (Phi) is 4.92. The predicted octanol–water partition coefficient (Wildman–Crippen LogP) is -0.524. The van der Waals surface area contributed by atoms with Crippen molar-refractivity contribution in [2.75, 3.05) is 46.8 Å². The lowest BCUT2D eigenvalue weighted by atomic mass is 10.3. The lowest BCUT2D eigenvalue weighted by Crippen LogP contribution is -2.50. The molecule has 0 spiro atoms. The largest absolute Gasteiger partial charge is 0.339 e. The van der Waals surface area contributed by atoms with Gasteiger partial charge in [-0.05, 0) is 19.2 Å². The summed E-state index contributed by atoms with van der Waals surface area (Å²) >= 11 is 0. The summed E-state index contributed by atoms with van der Waals surface area (Å²) in [6.07, 6.45) is 2.79. The first-order valence-electron chi connectivity index (χ1n) is 6.74. The van der Waals surface area contributed by atoms with Crippen LogP contribution in [0.15, 0.2) is 29.4 Å². The fourth-order valence-corrected chi connectivity index (χ4v) is 3.20. The number of hydrogen-bond donors (Lipinski definition) is 0. The average molecular weight is 312 g/mol. The van der Waals surface area contributed by atoms with Crippen LogP contribution in [-0.4, -0.2) is 80.2 Å². The third-order valence-electron chi connectivity index (χ3n) is 3.56. The molecule has 2 heterocycles. The molecule has 1 amide bonds. The molecular weight excluding hydrogens is 292 g/mol. The van der Waals surface area contributed by atoms with Crippen LogP contribution in [0.3, 0.4) is 0 Å². The highest BCUT2D eigenvalue weighted by Gasteiger charge is 2.26. The van der Waals surface area contributed by atoms with Crippen molar-refractivity contribution in [1.29, 1.82) is 0 Å². The summed E-state index contributed by atoms with van der Waals surface area (Å²) in [5.74, 6) is -0.168. The summed E-state index contributed by atoms with van der Waals surface area (Å²) < 4.78 is 25.7. The van der Waals surface area contributed by atoms with E-state index in [1.165, 1.54) is 25.5 Å². The van der Waals surface area contributed by atoms with Crippen LogP contribution in [0.4, 0.5) is 0 Å². The topological polar surface area (TPSA) is 73.8 Å². The Bertz CT molecular complexity index is 583. The molecule has 1 fully saturated rings. The van der Waals surface area contributed by atoms with Gasteiger partial charge in [-0.1, -0.05) is 0 Å². The summed E-state index contributed by atoms with van der Waals surface area (Å²) in [5.41, 5.74) is 0. The standard InChI is InChI=1S/C13H20N4O3S/c1-15-6-8-17(9-7-15)13(18)11-16(2)21(19,20)12-4-3-5-14-10-12/h3-5,10H,6-9,11H2,1-2H3. The number of pyridine rings is 1. The second kappa shape index (κ2) is 6.50. The molecule has 1 aliphatic rings. The number of carbonyl (C=O) groups excluding carboxylic acids is 1. The molecule has 1 aromatic heterocycles. The van der Waals surface area contributed by atoms with Gasteiger partial charge in [0.1, 0.15) is 4.90 Å². The van der Waals surface area contributed by atoms with Crippen LogP contribution in [-0.2, 0) is 14.8 Å². The molecule has 1 aromatic rings. The number of rotatable bonds is 4. The molecule has 0 atom stereocenters. The molecule has 0 saturated carbocycles. The van der Waals surface area contributed by atoms with Gasteiger partial charge in [-0.2, -0.15) is 4.31 Å². The van der Waals surface area contributed by atoms with E-state index in [1.54, 1.807) is 11.0 Å². The van der Waals surface area contributed by atoms with Gasteiger partial charge in [0.25, 0.3) is 0 Å². The van der Waals surface area contributed by atoms with Crippen LogP contribution in [0, 0.1) is 0 Å². The zero-order valence-electron chi connectivity index (χ0n) is 12.3. The number of likely N-dealkylation sites (N-methyl/N-ethyl adjacent to an activating group) is 2. The molecule has 0 unspecified atom stereocenters. The molecule has 116 valence electrons. The van der Waals surface area contributed by atoms with Crippen LogP contribution >= 0.6 is 0 Å². The lowest BCUT2D eigenvalue weighted by molar-refractivity contribution is -0.132. The van der Waals surface area contributed by atoms with Gasteiger partial charge in [0.05, 0.1) is 6.54 Å². The molecule has 0 aromatic carbocycles. The van der Waals surface area contributed by atoms with Gasteiger partial charge < -0.3 is 9.80 Å². The van der Waals surface area contributed by atoms with Crippen LogP contribution in [0.5, 0.6) is 0 Å². The zero-order valence-corrected chi connectivity index (χ0v) is 13.1. The number of aromatic nitrogens is 1. The first-order chi connectivity index (χ1) is 9.91. The highest BCUT2D eigenvalue weighted by atomic mass is 32.2. The Morgan fingerprint density at radius 1 is 1.33 bits per heavy atom. The quantitative estimate of drug-likeness (QED) is 0.748. The van der Waals surface area contributed by atoms with Crippen molar-refractivity contribution in [1.82, 2.24) is 19.1 Å². The monoisotopic (exact) mass is 312 g/mol. The fraction of sp³-hybridized carbons (Fsp3) is 0.538. The second-order valence-electron chi connectivity index (χ2n) is 5.13.